The van der Waals surface area contributed by atoms with Crippen molar-refractivity contribution < 1.29 is 0 Å². The highest BCUT2D eigenvalue weighted by Crippen LogP contribution is 2.18. The summed E-state index contributed by atoms with van der Waals surface area (Å²) in [5.41, 5.74) is 4.58. The molecule has 0 amide bonds. The summed E-state index contributed by atoms with van der Waals surface area (Å²) in [6.07, 6.45) is 1.85. The van der Waals surface area contributed by atoms with Gasteiger partial charge in [-0.2, -0.15) is 0 Å². The van der Waals surface area contributed by atoms with Crippen molar-refractivity contribution in [2.45, 2.75) is 33.4 Å². The van der Waals surface area contributed by atoms with Gasteiger partial charge in [0.1, 0.15) is 0 Å². The van der Waals surface area contributed by atoms with Gasteiger partial charge in [0, 0.05) is 18.3 Å². The second-order valence-electron chi connectivity index (χ2n) is 5.41. The van der Waals surface area contributed by atoms with E-state index < -0.39 is 0 Å². The van der Waals surface area contributed by atoms with Crippen molar-refractivity contribution in [3.63, 3.8) is 0 Å². The molecule has 0 fully saturated rings. The van der Waals surface area contributed by atoms with Crippen LogP contribution in [-0.2, 0) is 6.54 Å². The van der Waals surface area contributed by atoms with E-state index in [0.717, 1.165) is 5.56 Å². The summed E-state index contributed by atoms with van der Waals surface area (Å²) in [5.74, 6) is 0. The molecular formula is C17H22N2O. The third-order valence-electron chi connectivity index (χ3n) is 3.58. The standard InChI is InChI=1S/C17H22N2O/c1-12-8-13(2)10-15(9-12)16(18-4)11-19-7-5-6-14(3)17(19)20/h5-10,16,18H,11H2,1-4H3. The number of aryl methyl sites for hydroxylation is 3. The summed E-state index contributed by atoms with van der Waals surface area (Å²) in [6, 6.07) is 10.4. The quantitative estimate of drug-likeness (QED) is 0.927. The maximum atomic E-state index is 12.1. The Kier molecular flexibility index (Phi) is 4.40. The van der Waals surface area contributed by atoms with Crippen LogP contribution < -0.4 is 10.9 Å². The van der Waals surface area contributed by atoms with E-state index in [-0.39, 0.29) is 11.6 Å². The van der Waals surface area contributed by atoms with Crippen molar-refractivity contribution in [1.29, 1.82) is 0 Å². The van der Waals surface area contributed by atoms with Gasteiger partial charge in [-0.25, -0.2) is 0 Å². The van der Waals surface area contributed by atoms with Gasteiger partial charge >= 0.3 is 0 Å². The van der Waals surface area contributed by atoms with Crippen LogP contribution in [0, 0.1) is 20.8 Å². The third kappa shape index (κ3) is 3.17. The van der Waals surface area contributed by atoms with Crippen molar-refractivity contribution in [1.82, 2.24) is 9.88 Å². The lowest BCUT2D eigenvalue weighted by atomic mass is 10.0. The average molecular weight is 270 g/mol. The Balaban J connectivity index is 2.33. The lowest BCUT2D eigenvalue weighted by molar-refractivity contribution is 0.489. The van der Waals surface area contributed by atoms with Crippen LogP contribution in [0.4, 0.5) is 0 Å². The third-order valence-corrected chi connectivity index (χ3v) is 3.58. The van der Waals surface area contributed by atoms with Crippen LogP contribution in [-0.4, -0.2) is 11.6 Å². The number of pyridine rings is 1. The van der Waals surface area contributed by atoms with Gasteiger partial charge in [-0.1, -0.05) is 35.4 Å². The van der Waals surface area contributed by atoms with Gasteiger partial charge in [0.15, 0.2) is 0 Å². The molecule has 3 heteroatoms. The minimum absolute atomic E-state index is 0.0807. The summed E-state index contributed by atoms with van der Waals surface area (Å²) >= 11 is 0. The topological polar surface area (TPSA) is 34.0 Å². The molecule has 1 N–H and O–H groups in total. The van der Waals surface area contributed by atoms with Gasteiger partial charge in [0.05, 0.1) is 6.04 Å². The van der Waals surface area contributed by atoms with Crippen LogP contribution in [0.25, 0.3) is 0 Å². The molecule has 1 aromatic heterocycles. The van der Waals surface area contributed by atoms with Crippen LogP contribution in [0.5, 0.6) is 0 Å². The second-order valence-corrected chi connectivity index (χ2v) is 5.41. The highest BCUT2D eigenvalue weighted by Gasteiger charge is 2.12. The lowest BCUT2D eigenvalue weighted by Crippen LogP contribution is -2.29. The molecule has 0 aliphatic heterocycles. The number of rotatable bonds is 4. The maximum absolute atomic E-state index is 12.1. The first-order valence-electron chi connectivity index (χ1n) is 6.93. The maximum Gasteiger partial charge on any atom is 0.253 e. The zero-order chi connectivity index (χ0) is 14.7. The molecule has 0 saturated heterocycles. The Morgan fingerprint density at radius 3 is 2.40 bits per heavy atom. The predicted molar refractivity (Wildman–Crippen MR) is 83.2 cm³/mol. The summed E-state index contributed by atoms with van der Waals surface area (Å²) in [6.45, 7) is 6.69. The SMILES string of the molecule is CNC(Cn1cccc(C)c1=O)c1cc(C)cc(C)c1. The first kappa shape index (κ1) is 14.5. The van der Waals surface area contributed by atoms with Crippen LogP contribution in [0.15, 0.2) is 41.3 Å². The molecule has 2 rings (SSSR count). The molecule has 2 aromatic rings. The summed E-state index contributed by atoms with van der Waals surface area (Å²) in [4.78, 5) is 12.1. The molecule has 3 nitrogen and oxygen atoms in total. The number of hydrogen-bond donors (Lipinski definition) is 1. The van der Waals surface area contributed by atoms with Crippen molar-refractivity contribution >= 4 is 0 Å². The highest BCUT2D eigenvalue weighted by atomic mass is 16.1. The first-order chi connectivity index (χ1) is 9.51. The molecular weight excluding hydrogens is 248 g/mol. The van der Waals surface area contributed by atoms with Crippen LogP contribution in [0.1, 0.15) is 28.3 Å². The lowest BCUT2D eigenvalue weighted by Gasteiger charge is -2.19. The molecule has 20 heavy (non-hydrogen) atoms. The number of nitrogens with zero attached hydrogens (tertiary/aromatic N) is 1. The first-order valence-corrected chi connectivity index (χ1v) is 6.93. The Morgan fingerprint density at radius 1 is 1.15 bits per heavy atom. The van der Waals surface area contributed by atoms with Crippen LogP contribution in [0.2, 0.25) is 0 Å². The number of nitrogens with one attached hydrogen (secondary N) is 1. The van der Waals surface area contributed by atoms with Crippen molar-refractivity contribution in [3.05, 3.63) is 69.1 Å². The van der Waals surface area contributed by atoms with E-state index in [0.29, 0.717) is 6.54 Å². The Bertz CT molecular complexity index is 638. The number of likely N-dealkylation sites (N-methyl/N-ethyl adjacent to an activating group) is 1. The predicted octanol–water partition coefficient (Wildman–Crippen LogP) is 2.73. The van der Waals surface area contributed by atoms with E-state index in [4.69, 9.17) is 0 Å². The second kappa shape index (κ2) is 6.06. The van der Waals surface area contributed by atoms with E-state index in [1.165, 1.54) is 16.7 Å². The van der Waals surface area contributed by atoms with Gasteiger partial charge in [-0.3, -0.25) is 4.79 Å². The number of aromatic nitrogens is 1. The Morgan fingerprint density at radius 2 is 1.80 bits per heavy atom. The van der Waals surface area contributed by atoms with Crippen LogP contribution in [0.3, 0.4) is 0 Å². The zero-order valence-electron chi connectivity index (χ0n) is 12.6. The fraction of sp³-hybridized carbons (Fsp3) is 0.353. The Hall–Kier alpha value is -1.87. The molecule has 106 valence electrons. The van der Waals surface area contributed by atoms with Gasteiger partial charge in [0.2, 0.25) is 0 Å². The van der Waals surface area contributed by atoms with E-state index >= 15 is 0 Å². The molecule has 1 heterocycles. The summed E-state index contributed by atoms with van der Waals surface area (Å²) in [5, 5.41) is 3.31. The van der Waals surface area contributed by atoms with Crippen LogP contribution >= 0.6 is 0 Å². The smallest absolute Gasteiger partial charge is 0.253 e. The molecule has 1 atom stereocenters. The van der Waals surface area contributed by atoms with E-state index in [1.54, 1.807) is 4.57 Å². The average Bonchev–Trinajstić information content (AvgIpc) is 2.39. The van der Waals surface area contributed by atoms with E-state index in [1.807, 2.05) is 32.3 Å². The van der Waals surface area contributed by atoms with E-state index in [9.17, 15) is 4.79 Å². The number of hydrogen-bond acceptors (Lipinski definition) is 2. The molecule has 0 bridgehead atoms. The number of benzene rings is 1. The minimum atomic E-state index is 0.0807. The molecule has 1 unspecified atom stereocenters. The molecule has 0 spiro atoms. The van der Waals surface area contributed by atoms with Gasteiger partial charge in [0.25, 0.3) is 5.56 Å². The van der Waals surface area contributed by atoms with Crippen molar-refractivity contribution in [2.75, 3.05) is 7.05 Å². The molecule has 0 saturated carbocycles. The fourth-order valence-electron chi connectivity index (χ4n) is 2.57. The van der Waals surface area contributed by atoms with Gasteiger partial charge in [-0.05, 0) is 39.4 Å². The molecule has 0 aliphatic carbocycles. The van der Waals surface area contributed by atoms with Gasteiger partial charge < -0.3 is 9.88 Å². The largest absolute Gasteiger partial charge is 0.313 e. The van der Waals surface area contributed by atoms with E-state index in [2.05, 4.69) is 37.4 Å². The highest BCUT2D eigenvalue weighted by molar-refractivity contribution is 5.30. The summed E-state index contributed by atoms with van der Waals surface area (Å²) < 4.78 is 1.77. The van der Waals surface area contributed by atoms with Crippen molar-refractivity contribution in [2.24, 2.45) is 0 Å². The molecule has 0 aliphatic rings. The molecule has 0 radical (unpaired) electrons. The molecule has 1 aromatic carbocycles. The summed E-state index contributed by atoms with van der Waals surface area (Å²) in [7, 11) is 1.93. The minimum Gasteiger partial charge on any atom is -0.313 e. The fourth-order valence-corrected chi connectivity index (χ4v) is 2.57. The van der Waals surface area contributed by atoms with Gasteiger partial charge in [-0.15, -0.1) is 0 Å². The Labute approximate surface area is 120 Å². The monoisotopic (exact) mass is 270 g/mol. The van der Waals surface area contributed by atoms with Crippen molar-refractivity contribution in [3.8, 4) is 0 Å². The normalized spacial score (nSPS) is 12.4. The zero-order valence-corrected chi connectivity index (χ0v) is 12.6.